The Morgan fingerprint density at radius 1 is 0.846 bits per heavy atom. The molecule has 0 spiro atoms. The number of ether oxygens (including phenoxy) is 3. The van der Waals surface area contributed by atoms with Gasteiger partial charge in [-0.3, -0.25) is 0 Å². The van der Waals surface area contributed by atoms with Gasteiger partial charge in [0.05, 0.1) is 13.7 Å². The molecule has 148 valence electrons. The number of carbonyl (C=O) groups is 3. The molecule has 0 unspecified atom stereocenters. The maximum absolute atomic E-state index is 12.4. The molecule has 0 aromatic carbocycles. The van der Waals surface area contributed by atoms with Gasteiger partial charge >= 0.3 is 18.2 Å². The first kappa shape index (κ1) is 23.7. The van der Waals surface area contributed by atoms with Gasteiger partial charge < -0.3 is 14.2 Å². The van der Waals surface area contributed by atoms with Gasteiger partial charge in [0.1, 0.15) is 11.2 Å². The second kappa shape index (κ2) is 9.40. The van der Waals surface area contributed by atoms with Gasteiger partial charge in [-0.15, -0.1) is 0 Å². The molecule has 0 atom stereocenters. The first-order valence-electron chi connectivity index (χ1n) is 8.32. The van der Waals surface area contributed by atoms with Crippen molar-refractivity contribution in [1.29, 1.82) is 0 Å². The van der Waals surface area contributed by atoms with Crippen LogP contribution in [-0.2, 0) is 19.0 Å². The van der Waals surface area contributed by atoms with Crippen LogP contribution < -0.4 is 0 Å². The molecule has 0 saturated heterocycles. The van der Waals surface area contributed by atoms with E-state index in [9.17, 15) is 14.4 Å². The van der Waals surface area contributed by atoms with E-state index in [0.29, 0.717) is 11.1 Å². The van der Waals surface area contributed by atoms with Crippen LogP contribution in [0, 0.1) is 0 Å². The van der Waals surface area contributed by atoms with Crippen molar-refractivity contribution in [3.05, 3.63) is 23.3 Å². The molecule has 0 heterocycles. The molecule has 0 bridgehead atoms. The van der Waals surface area contributed by atoms with Crippen molar-refractivity contribution < 1.29 is 28.6 Å². The number of esters is 1. The quantitative estimate of drug-likeness (QED) is 0.319. The van der Waals surface area contributed by atoms with E-state index < -0.39 is 29.4 Å². The Bertz CT molecular complexity index is 562. The summed E-state index contributed by atoms with van der Waals surface area (Å²) in [4.78, 5) is 37.1. The molecule has 26 heavy (non-hydrogen) atoms. The highest BCUT2D eigenvalue weighted by Crippen LogP contribution is 2.16. The van der Waals surface area contributed by atoms with Crippen LogP contribution in [0.1, 0.15) is 55.4 Å². The van der Waals surface area contributed by atoms with Crippen molar-refractivity contribution in [2.75, 3.05) is 13.7 Å². The molecule has 0 N–H and O–H groups in total. The fraction of sp³-hybridized carbons (Fsp3) is 0.632. The van der Waals surface area contributed by atoms with Crippen molar-refractivity contribution in [2.45, 2.75) is 66.6 Å². The zero-order valence-corrected chi connectivity index (χ0v) is 17.3. The minimum atomic E-state index is -0.798. The molecule has 0 rings (SSSR count). The first-order chi connectivity index (χ1) is 11.7. The average molecular weight is 369 g/mol. The van der Waals surface area contributed by atoms with Gasteiger partial charge in [0, 0.05) is 5.57 Å². The van der Waals surface area contributed by atoms with Crippen molar-refractivity contribution >= 4 is 18.2 Å². The van der Waals surface area contributed by atoms with E-state index in [-0.39, 0.29) is 6.54 Å². The van der Waals surface area contributed by atoms with E-state index in [2.05, 4.69) is 4.74 Å². The zero-order valence-electron chi connectivity index (χ0n) is 17.3. The molecule has 0 fully saturated rings. The Balaban J connectivity index is 5.43. The normalized spacial score (nSPS) is 13.1. The van der Waals surface area contributed by atoms with E-state index in [1.54, 1.807) is 67.5 Å². The predicted octanol–water partition coefficient (Wildman–Crippen LogP) is 4.22. The van der Waals surface area contributed by atoms with Crippen LogP contribution in [-0.4, -0.2) is 47.9 Å². The highest BCUT2D eigenvalue weighted by molar-refractivity contribution is 5.89. The molecule has 0 aliphatic rings. The summed E-state index contributed by atoms with van der Waals surface area (Å²) in [6.45, 7) is 13.6. The molecule has 7 heteroatoms. The number of nitrogens with zero attached hydrogens (tertiary/aromatic N) is 1. The standard InChI is InChI=1S/C19H31NO6/c1-13(10-11-14(2)15(21)24-9)12-20(16(22)25-18(3,4)5)17(23)26-19(6,7)8/h10-11H,12H2,1-9H3/b13-10+,14-11+. The van der Waals surface area contributed by atoms with Gasteiger partial charge in [0.25, 0.3) is 0 Å². The molecule has 0 aromatic rings. The molecule has 0 aliphatic heterocycles. The summed E-state index contributed by atoms with van der Waals surface area (Å²) in [5.74, 6) is -0.454. The lowest BCUT2D eigenvalue weighted by Crippen LogP contribution is -2.44. The lowest BCUT2D eigenvalue weighted by molar-refractivity contribution is -0.136. The summed E-state index contributed by atoms with van der Waals surface area (Å²) in [5, 5.41) is 0. The second-order valence-electron chi connectivity index (χ2n) is 7.90. The van der Waals surface area contributed by atoms with Gasteiger partial charge in [0.2, 0.25) is 0 Å². The van der Waals surface area contributed by atoms with Crippen LogP contribution in [0.15, 0.2) is 23.3 Å². The summed E-state index contributed by atoms with van der Waals surface area (Å²) in [6.07, 6.45) is 1.60. The Hall–Kier alpha value is -2.31. The summed E-state index contributed by atoms with van der Waals surface area (Å²) in [6, 6.07) is 0. The molecule has 0 saturated carbocycles. The number of hydrogen-bond donors (Lipinski definition) is 0. The van der Waals surface area contributed by atoms with Crippen LogP contribution in [0.5, 0.6) is 0 Å². The molecule has 2 amide bonds. The molecule has 0 radical (unpaired) electrons. The minimum absolute atomic E-state index is 0.0330. The number of methoxy groups -OCH3 is 1. The largest absolute Gasteiger partial charge is 0.466 e. The Morgan fingerprint density at radius 2 is 1.27 bits per heavy atom. The van der Waals surface area contributed by atoms with Crippen LogP contribution in [0.25, 0.3) is 0 Å². The number of carbonyl (C=O) groups excluding carboxylic acids is 3. The van der Waals surface area contributed by atoms with Gasteiger partial charge in [-0.25, -0.2) is 19.3 Å². The number of hydrogen-bond acceptors (Lipinski definition) is 6. The third-order valence-corrected chi connectivity index (χ3v) is 2.76. The monoisotopic (exact) mass is 369 g/mol. The van der Waals surface area contributed by atoms with Gasteiger partial charge in [-0.05, 0) is 55.4 Å². The van der Waals surface area contributed by atoms with Crippen LogP contribution in [0.4, 0.5) is 9.59 Å². The fourth-order valence-electron chi connectivity index (χ4n) is 1.64. The fourth-order valence-corrected chi connectivity index (χ4v) is 1.64. The van der Waals surface area contributed by atoms with Crippen LogP contribution in [0.3, 0.4) is 0 Å². The Labute approximate surface area is 156 Å². The van der Waals surface area contributed by atoms with Crippen molar-refractivity contribution in [3.8, 4) is 0 Å². The number of amides is 2. The third-order valence-electron chi connectivity index (χ3n) is 2.76. The smallest absolute Gasteiger partial charge is 0.420 e. The van der Waals surface area contributed by atoms with E-state index in [4.69, 9.17) is 9.47 Å². The average Bonchev–Trinajstić information content (AvgIpc) is 2.45. The highest BCUT2D eigenvalue weighted by Gasteiger charge is 2.31. The Morgan fingerprint density at radius 3 is 1.62 bits per heavy atom. The SMILES string of the molecule is COC(=O)/C(C)=C/C=C(\C)CN(C(=O)OC(C)(C)C)C(=O)OC(C)(C)C. The maximum Gasteiger partial charge on any atom is 0.420 e. The number of allylic oxidation sites excluding steroid dienone is 2. The van der Waals surface area contributed by atoms with Crippen LogP contribution in [0.2, 0.25) is 0 Å². The number of rotatable bonds is 4. The zero-order chi connectivity index (χ0) is 20.7. The minimum Gasteiger partial charge on any atom is -0.466 e. The lowest BCUT2D eigenvalue weighted by Gasteiger charge is -2.28. The predicted molar refractivity (Wildman–Crippen MR) is 98.7 cm³/mol. The van der Waals surface area contributed by atoms with E-state index in [1.807, 2.05) is 0 Å². The second-order valence-corrected chi connectivity index (χ2v) is 7.90. The Kier molecular flexibility index (Phi) is 8.57. The van der Waals surface area contributed by atoms with Crippen LogP contribution >= 0.6 is 0 Å². The topological polar surface area (TPSA) is 82.1 Å². The van der Waals surface area contributed by atoms with E-state index in [1.165, 1.54) is 7.11 Å². The van der Waals surface area contributed by atoms with Gasteiger partial charge in [-0.2, -0.15) is 0 Å². The summed E-state index contributed by atoms with van der Waals surface area (Å²) in [5.41, 5.74) is -0.454. The first-order valence-corrected chi connectivity index (χ1v) is 8.32. The lowest BCUT2D eigenvalue weighted by atomic mass is 10.2. The van der Waals surface area contributed by atoms with Gasteiger partial charge in [-0.1, -0.05) is 17.7 Å². The van der Waals surface area contributed by atoms with Crippen molar-refractivity contribution in [3.63, 3.8) is 0 Å². The molecule has 0 aliphatic carbocycles. The van der Waals surface area contributed by atoms with Crippen molar-refractivity contribution in [1.82, 2.24) is 4.90 Å². The molecular formula is C19H31NO6. The molecular weight excluding hydrogens is 338 g/mol. The van der Waals surface area contributed by atoms with Crippen molar-refractivity contribution in [2.24, 2.45) is 0 Å². The van der Waals surface area contributed by atoms with E-state index >= 15 is 0 Å². The summed E-state index contributed by atoms with van der Waals surface area (Å²) in [7, 11) is 1.29. The molecule has 7 nitrogen and oxygen atoms in total. The third kappa shape index (κ3) is 9.86. The summed E-state index contributed by atoms with van der Waals surface area (Å²) >= 11 is 0. The maximum atomic E-state index is 12.4. The number of imide groups is 1. The van der Waals surface area contributed by atoms with Gasteiger partial charge in [0.15, 0.2) is 0 Å². The molecule has 0 aromatic heterocycles. The van der Waals surface area contributed by atoms with E-state index in [0.717, 1.165) is 4.90 Å². The summed E-state index contributed by atoms with van der Waals surface area (Å²) < 4.78 is 15.2. The highest BCUT2D eigenvalue weighted by atomic mass is 16.6.